The van der Waals surface area contributed by atoms with Gasteiger partial charge in [-0.15, -0.1) is 0 Å². The van der Waals surface area contributed by atoms with Gasteiger partial charge in [-0.05, 0) is 19.5 Å². The normalized spacial score (nSPS) is 18.2. The highest BCUT2D eigenvalue weighted by molar-refractivity contribution is 5.27. The number of ether oxygens (including phenoxy) is 2. The zero-order valence-electron chi connectivity index (χ0n) is 10.9. The summed E-state index contributed by atoms with van der Waals surface area (Å²) in [6, 6.07) is 5.12. The van der Waals surface area contributed by atoms with Crippen LogP contribution in [0.25, 0.3) is 0 Å². The molecule has 1 unspecified atom stereocenters. The van der Waals surface area contributed by atoms with E-state index < -0.39 is 0 Å². The number of halogens is 1. The first kappa shape index (κ1) is 13.5. The van der Waals surface area contributed by atoms with Gasteiger partial charge in [-0.2, -0.15) is 0 Å². The molecule has 0 radical (unpaired) electrons. The highest BCUT2D eigenvalue weighted by Crippen LogP contribution is 2.25. The van der Waals surface area contributed by atoms with Crippen LogP contribution in [-0.2, 0) is 9.47 Å². The molecule has 18 heavy (non-hydrogen) atoms. The maximum atomic E-state index is 13.9. The van der Waals surface area contributed by atoms with Gasteiger partial charge in [-0.1, -0.05) is 24.6 Å². The van der Waals surface area contributed by atoms with Crippen molar-refractivity contribution in [1.82, 2.24) is 5.32 Å². The molecule has 0 aliphatic carbocycles. The molecule has 1 aliphatic heterocycles. The molecule has 0 bridgehead atoms. The van der Waals surface area contributed by atoms with Crippen molar-refractivity contribution >= 4 is 0 Å². The molecule has 1 saturated heterocycles. The molecular formula is C14H20FNO2. The number of hydrogen-bond donors (Lipinski definition) is 1. The van der Waals surface area contributed by atoms with Gasteiger partial charge in [0.2, 0.25) is 0 Å². The maximum absolute atomic E-state index is 13.9. The summed E-state index contributed by atoms with van der Waals surface area (Å²) < 4.78 is 24.8. The molecule has 0 spiro atoms. The lowest BCUT2D eigenvalue weighted by atomic mass is 10.0. The predicted molar refractivity (Wildman–Crippen MR) is 67.9 cm³/mol. The number of benzene rings is 1. The monoisotopic (exact) mass is 253 g/mol. The summed E-state index contributed by atoms with van der Waals surface area (Å²) in [5.41, 5.74) is 1.75. The molecule has 3 nitrogen and oxygen atoms in total. The first-order valence-corrected chi connectivity index (χ1v) is 6.43. The van der Waals surface area contributed by atoms with Crippen LogP contribution in [-0.4, -0.2) is 26.0 Å². The van der Waals surface area contributed by atoms with Crippen LogP contribution in [0.2, 0.25) is 0 Å². The topological polar surface area (TPSA) is 30.5 Å². The summed E-state index contributed by atoms with van der Waals surface area (Å²) in [5, 5.41) is 3.29. The van der Waals surface area contributed by atoms with Crippen molar-refractivity contribution in [2.75, 3.05) is 19.8 Å². The average Bonchev–Trinajstić information content (AvgIpc) is 2.85. The van der Waals surface area contributed by atoms with Crippen molar-refractivity contribution in [3.63, 3.8) is 0 Å². The molecule has 100 valence electrons. The van der Waals surface area contributed by atoms with E-state index in [9.17, 15) is 4.39 Å². The van der Waals surface area contributed by atoms with Gasteiger partial charge in [0.15, 0.2) is 6.29 Å². The molecule has 1 aromatic rings. The van der Waals surface area contributed by atoms with E-state index in [1.807, 2.05) is 19.9 Å². The van der Waals surface area contributed by atoms with Gasteiger partial charge in [-0.3, -0.25) is 0 Å². The van der Waals surface area contributed by atoms with Gasteiger partial charge in [-0.25, -0.2) is 4.39 Å². The van der Waals surface area contributed by atoms with Crippen LogP contribution in [0.5, 0.6) is 0 Å². The predicted octanol–water partition coefficient (Wildman–Crippen LogP) is 2.55. The van der Waals surface area contributed by atoms with Gasteiger partial charge in [0.25, 0.3) is 0 Å². The molecule has 1 N–H and O–H groups in total. The van der Waals surface area contributed by atoms with E-state index in [1.165, 1.54) is 6.07 Å². The van der Waals surface area contributed by atoms with E-state index in [2.05, 4.69) is 5.32 Å². The zero-order chi connectivity index (χ0) is 13.0. The fourth-order valence-corrected chi connectivity index (χ4v) is 2.23. The third-order valence-electron chi connectivity index (χ3n) is 3.10. The van der Waals surface area contributed by atoms with Gasteiger partial charge in [0.1, 0.15) is 5.82 Å². The van der Waals surface area contributed by atoms with E-state index in [0.717, 1.165) is 12.1 Å². The van der Waals surface area contributed by atoms with Gasteiger partial charge >= 0.3 is 0 Å². The highest BCUT2D eigenvalue weighted by Gasteiger charge is 2.23. The summed E-state index contributed by atoms with van der Waals surface area (Å²) in [7, 11) is 0. The van der Waals surface area contributed by atoms with Crippen LogP contribution < -0.4 is 5.32 Å². The maximum Gasteiger partial charge on any atom is 0.159 e. The molecule has 1 heterocycles. The van der Waals surface area contributed by atoms with E-state index in [-0.39, 0.29) is 18.1 Å². The van der Waals surface area contributed by atoms with Crippen LogP contribution in [0.4, 0.5) is 4.39 Å². The van der Waals surface area contributed by atoms with E-state index in [1.54, 1.807) is 6.07 Å². The van der Waals surface area contributed by atoms with Crippen molar-refractivity contribution in [2.45, 2.75) is 32.6 Å². The number of nitrogens with one attached hydrogen (secondary N) is 1. The lowest BCUT2D eigenvalue weighted by molar-refractivity contribution is -0.0531. The van der Waals surface area contributed by atoms with Crippen LogP contribution >= 0.6 is 0 Å². The molecular weight excluding hydrogens is 233 g/mol. The van der Waals surface area contributed by atoms with Gasteiger partial charge in [0.05, 0.1) is 13.2 Å². The molecule has 1 aliphatic rings. The Morgan fingerprint density at radius 3 is 2.78 bits per heavy atom. The minimum atomic E-state index is -0.228. The Labute approximate surface area is 107 Å². The summed E-state index contributed by atoms with van der Waals surface area (Å²) in [5.74, 6) is -0.176. The van der Waals surface area contributed by atoms with Gasteiger partial charge in [0, 0.05) is 18.0 Å². The SMILES string of the molecule is CCNC(CC1OCCO1)c1cc(C)ccc1F. The molecule has 1 atom stereocenters. The lowest BCUT2D eigenvalue weighted by Gasteiger charge is -2.22. The summed E-state index contributed by atoms with van der Waals surface area (Å²) in [4.78, 5) is 0. The van der Waals surface area contributed by atoms with Crippen molar-refractivity contribution in [1.29, 1.82) is 0 Å². The lowest BCUT2D eigenvalue weighted by Crippen LogP contribution is -2.26. The Bertz CT molecular complexity index is 391. The minimum absolute atomic E-state index is 0.0713. The fourth-order valence-electron chi connectivity index (χ4n) is 2.23. The number of aryl methyl sites for hydroxylation is 1. The highest BCUT2D eigenvalue weighted by atomic mass is 19.1. The third kappa shape index (κ3) is 3.28. The number of hydrogen-bond acceptors (Lipinski definition) is 3. The zero-order valence-corrected chi connectivity index (χ0v) is 10.9. The molecule has 2 rings (SSSR count). The Hall–Kier alpha value is -0.970. The van der Waals surface area contributed by atoms with Crippen LogP contribution in [0.15, 0.2) is 18.2 Å². The molecule has 1 aromatic carbocycles. The number of rotatable bonds is 5. The Morgan fingerprint density at radius 1 is 1.39 bits per heavy atom. The smallest absolute Gasteiger partial charge is 0.159 e. The molecule has 1 fully saturated rings. The summed E-state index contributed by atoms with van der Waals surface area (Å²) in [6.45, 7) is 6.01. The molecule has 0 amide bonds. The minimum Gasteiger partial charge on any atom is -0.350 e. The van der Waals surface area contributed by atoms with Crippen molar-refractivity contribution in [3.8, 4) is 0 Å². The quantitative estimate of drug-likeness (QED) is 0.874. The second kappa shape index (κ2) is 6.27. The fraction of sp³-hybridized carbons (Fsp3) is 0.571. The van der Waals surface area contributed by atoms with Crippen LogP contribution in [0.3, 0.4) is 0 Å². The third-order valence-corrected chi connectivity index (χ3v) is 3.10. The first-order valence-electron chi connectivity index (χ1n) is 6.43. The van der Waals surface area contributed by atoms with Crippen molar-refractivity contribution < 1.29 is 13.9 Å². The van der Waals surface area contributed by atoms with E-state index >= 15 is 0 Å². The average molecular weight is 253 g/mol. The van der Waals surface area contributed by atoms with Crippen molar-refractivity contribution in [2.24, 2.45) is 0 Å². The molecule has 0 aromatic heterocycles. The van der Waals surface area contributed by atoms with Crippen LogP contribution in [0.1, 0.15) is 30.5 Å². The summed E-state index contributed by atoms with van der Waals surface area (Å²) in [6.07, 6.45) is 0.405. The standard InChI is InChI=1S/C14H20FNO2/c1-3-16-13(9-14-17-6-7-18-14)11-8-10(2)4-5-12(11)15/h4-5,8,13-14,16H,3,6-7,9H2,1-2H3. The molecule has 4 heteroatoms. The van der Waals surface area contributed by atoms with Crippen LogP contribution in [0, 0.1) is 12.7 Å². The largest absolute Gasteiger partial charge is 0.350 e. The van der Waals surface area contributed by atoms with E-state index in [0.29, 0.717) is 25.2 Å². The Kier molecular flexibility index (Phi) is 4.69. The van der Waals surface area contributed by atoms with Gasteiger partial charge < -0.3 is 14.8 Å². The second-order valence-corrected chi connectivity index (χ2v) is 4.54. The molecule has 0 saturated carbocycles. The van der Waals surface area contributed by atoms with E-state index in [4.69, 9.17) is 9.47 Å². The first-order chi connectivity index (χ1) is 8.70. The second-order valence-electron chi connectivity index (χ2n) is 4.54. The van der Waals surface area contributed by atoms with Crippen molar-refractivity contribution in [3.05, 3.63) is 35.1 Å². The Balaban J connectivity index is 2.14. The summed E-state index contributed by atoms with van der Waals surface area (Å²) >= 11 is 0. The Morgan fingerprint density at radius 2 is 2.11 bits per heavy atom.